The van der Waals surface area contributed by atoms with Gasteiger partial charge < -0.3 is 45.9 Å². The van der Waals surface area contributed by atoms with Crippen molar-refractivity contribution in [1.29, 1.82) is 0 Å². The molecule has 0 saturated carbocycles. The molecule has 3 aromatic carbocycles. The number of benzene rings is 3. The van der Waals surface area contributed by atoms with Gasteiger partial charge in [-0.3, -0.25) is 0 Å². The van der Waals surface area contributed by atoms with Crippen molar-refractivity contribution in [3.8, 4) is 0 Å². The molecule has 16 N–H and O–H groups in total. The molecule has 0 fully saturated rings. The average Bonchev–Trinajstić information content (AvgIpc) is 2.81. The van der Waals surface area contributed by atoms with Crippen LogP contribution in [0.3, 0.4) is 0 Å². The monoisotopic (exact) mass is 468 g/mol. The molecule has 8 nitrogen and oxygen atoms in total. The van der Waals surface area contributed by atoms with E-state index in [0.717, 1.165) is 24.5 Å². The van der Waals surface area contributed by atoms with E-state index in [1.807, 2.05) is 18.2 Å². The minimum Gasteiger partial charge on any atom is -0.399 e. The molecule has 0 aliphatic carbocycles. The van der Waals surface area contributed by atoms with E-state index >= 15 is 0 Å². The molecule has 0 unspecified atom stereocenters. The molecule has 0 heterocycles. The Labute approximate surface area is 204 Å². The number of unbranched alkanes of at least 4 members (excludes halogenated alkanes) is 5. The summed E-state index contributed by atoms with van der Waals surface area (Å²) in [5, 5.41) is 0. The van der Waals surface area contributed by atoms with Crippen molar-refractivity contribution in [2.24, 2.45) is 11.5 Å². The van der Waals surface area contributed by atoms with Crippen LogP contribution in [0.1, 0.15) is 38.5 Å². The van der Waals surface area contributed by atoms with Gasteiger partial charge in [-0.05, 0) is 80.5 Å². The Bertz CT molecular complexity index is 801. The maximum atomic E-state index is 5.39. The van der Waals surface area contributed by atoms with Gasteiger partial charge in [0.15, 0.2) is 0 Å². The number of anilines is 6. The third-order valence-corrected chi connectivity index (χ3v) is 4.50. The van der Waals surface area contributed by atoms with Crippen LogP contribution in [0.4, 0.5) is 34.1 Å². The SMILES string of the molecule is NCCCCCCCCN.Nc1ccc(N)cc1.Nc1cccc(N)c1.Nc1ccccc1N. The molecule has 0 spiro atoms. The Hall–Kier alpha value is -3.62. The van der Waals surface area contributed by atoms with E-state index in [1.54, 1.807) is 54.6 Å². The van der Waals surface area contributed by atoms with Crippen LogP contribution in [-0.4, -0.2) is 13.1 Å². The van der Waals surface area contributed by atoms with Gasteiger partial charge in [-0.25, -0.2) is 0 Å². The number of nitrogen functional groups attached to an aromatic ring is 6. The highest BCUT2D eigenvalue weighted by atomic mass is 14.7. The van der Waals surface area contributed by atoms with E-state index in [0.29, 0.717) is 22.7 Å². The second kappa shape index (κ2) is 20.0. The molecule has 188 valence electrons. The van der Waals surface area contributed by atoms with Gasteiger partial charge in [0.25, 0.3) is 0 Å². The van der Waals surface area contributed by atoms with Gasteiger partial charge in [0.2, 0.25) is 0 Å². The number of hydrogen-bond donors (Lipinski definition) is 8. The van der Waals surface area contributed by atoms with Crippen molar-refractivity contribution in [1.82, 2.24) is 0 Å². The predicted molar refractivity (Wildman–Crippen MR) is 152 cm³/mol. The Morgan fingerprint density at radius 3 is 1.00 bits per heavy atom. The van der Waals surface area contributed by atoms with Gasteiger partial charge in [-0.2, -0.15) is 0 Å². The molecule has 0 aromatic heterocycles. The largest absolute Gasteiger partial charge is 0.399 e. The molecule has 3 rings (SSSR count). The molecule has 34 heavy (non-hydrogen) atoms. The fraction of sp³-hybridized carbons (Fsp3) is 0.308. The smallest absolute Gasteiger partial charge is 0.0547 e. The Morgan fingerprint density at radius 2 is 0.735 bits per heavy atom. The highest BCUT2D eigenvalue weighted by Crippen LogP contribution is 2.10. The molecule has 0 aliphatic rings. The Morgan fingerprint density at radius 1 is 0.382 bits per heavy atom. The quantitative estimate of drug-likeness (QED) is 0.188. The van der Waals surface area contributed by atoms with Gasteiger partial charge in [-0.1, -0.05) is 43.9 Å². The molecule has 3 aromatic rings. The lowest BCUT2D eigenvalue weighted by Gasteiger charge is -1.97. The topological polar surface area (TPSA) is 208 Å². The molecule has 0 bridgehead atoms. The van der Waals surface area contributed by atoms with Gasteiger partial charge in [0, 0.05) is 22.7 Å². The third-order valence-electron chi connectivity index (χ3n) is 4.50. The molecule has 0 amide bonds. The van der Waals surface area contributed by atoms with E-state index in [1.165, 1.54) is 38.5 Å². The maximum absolute atomic E-state index is 5.39. The zero-order chi connectivity index (χ0) is 25.6. The van der Waals surface area contributed by atoms with E-state index in [2.05, 4.69) is 0 Å². The Kier molecular flexibility index (Phi) is 17.9. The fourth-order valence-electron chi connectivity index (χ4n) is 2.56. The number of rotatable bonds is 7. The van der Waals surface area contributed by atoms with Gasteiger partial charge in [0.1, 0.15) is 0 Å². The molecule has 8 heteroatoms. The van der Waals surface area contributed by atoms with Gasteiger partial charge >= 0.3 is 0 Å². The van der Waals surface area contributed by atoms with Crippen molar-refractivity contribution < 1.29 is 0 Å². The number of para-hydroxylation sites is 2. The first kappa shape index (κ1) is 30.4. The highest BCUT2D eigenvalue weighted by Gasteiger charge is 1.88. The van der Waals surface area contributed by atoms with Crippen LogP contribution in [0.15, 0.2) is 72.8 Å². The van der Waals surface area contributed by atoms with Crippen LogP contribution in [0.2, 0.25) is 0 Å². The normalized spacial score (nSPS) is 9.35. The summed E-state index contributed by atoms with van der Waals surface area (Å²) in [6.07, 6.45) is 7.61. The lowest BCUT2D eigenvalue weighted by molar-refractivity contribution is 0.601. The van der Waals surface area contributed by atoms with Crippen molar-refractivity contribution in [3.05, 3.63) is 72.8 Å². The zero-order valence-electron chi connectivity index (χ0n) is 20.2. The summed E-state index contributed by atoms with van der Waals surface area (Å²) >= 11 is 0. The van der Waals surface area contributed by atoms with E-state index < -0.39 is 0 Å². The second-order valence-corrected chi connectivity index (χ2v) is 7.66. The van der Waals surface area contributed by atoms with Crippen LogP contribution in [0, 0.1) is 0 Å². The first-order valence-corrected chi connectivity index (χ1v) is 11.5. The average molecular weight is 469 g/mol. The highest BCUT2D eigenvalue weighted by molar-refractivity contribution is 5.62. The molecule has 0 atom stereocenters. The van der Waals surface area contributed by atoms with E-state index in [9.17, 15) is 0 Å². The third kappa shape index (κ3) is 18.0. The summed E-state index contributed by atoms with van der Waals surface area (Å²) in [4.78, 5) is 0. The molecule has 0 saturated heterocycles. The summed E-state index contributed by atoms with van der Waals surface area (Å²) < 4.78 is 0. The molecular weight excluding hydrogens is 424 g/mol. The van der Waals surface area contributed by atoms with Crippen molar-refractivity contribution in [2.45, 2.75) is 38.5 Å². The first-order chi connectivity index (χ1) is 16.3. The molecule has 0 aliphatic heterocycles. The van der Waals surface area contributed by atoms with Crippen LogP contribution in [0.5, 0.6) is 0 Å². The minimum atomic E-state index is 0.646. The summed E-state index contributed by atoms with van der Waals surface area (Å²) in [7, 11) is 0. The summed E-state index contributed by atoms with van der Waals surface area (Å²) in [6.45, 7) is 1.69. The zero-order valence-corrected chi connectivity index (χ0v) is 20.2. The molecular formula is C26H44N8. The number of nitrogens with two attached hydrogens (primary N) is 8. The minimum absolute atomic E-state index is 0.646. The second-order valence-electron chi connectivity index (χ2n) is 7.66. The standard InChI is InChI=1S/C8H20N2.3C6H8N2/c9-7-5-3-1-2-4-6-8-10;7-5-1-2-6(8)4-3-5;7-5-2-1-3-6(8)4-5;7-5-3-1-2-4-6(5)8/h1-10H2;3*1-4H,7-8H2. The van der Waals surface area contributed by atoms with Crippen LogP contribution in [0.25, 0.3) is 0 Å². The van der Waals surface area contributed by atoms with Crippen molar-refractivity contribution >= 4 is 34.1 Å². The lowest BCUT2D eigenvalue weighted by atomic mass is 10.1. The van der Waals surface area contributed by atoms with Crippen molar-refractivity contribution in [3.63, 3.8) is 0 Å². The number of hydrogen-bond acceptors (Lipinski definition) is 8. The Balaban J connectivity index is 0.000000428. The van der Waals surface area contributed by atoms with Crippen molar-refractivity contribution in [2.75, 3.05) is 47.5 Å². The summed E-state index contributed by atoms with van der Waals surface area (Å²) in [6, 6.07) is 21.5. The summed E-state index contributed by atoms with van der Waals surface area (Å²) in [5.41, 5.74) is 47.2. The fourth-order valence-corrected chi connectivity index (χ4v) is 2.56. The van der Waals surface area contributed by atoms with Gasteiger partial charge in [0.05, 0.1) is 11.4 Å². The van der Waals surface area contributed by atoms with E-state index in [4.69, 9.17) is 45.9 Å². The molecule has 0 radical (unpaired) electrons. The first-order valence-electron chi connectivity index (χ1n) is 11.5. The van der Waals surface area contributed by atoms with Gasteiger partial charge in [-0.15, -0.1) is 0 Å². The maximum Gasteiger partial charge on any atom is 0.0547 e. The van der Waals surface area contributed by atoms with Crippen LogP contribution in [-0.2, 0) is 0 Å². The lowest BCUT2D eigenvalue weighted by Crippen LogP contribution is -1.99. The predicted octanol–water partition coefficient (Wildman–Crippen LogP) is 3.80. The van der Waals surface area contributed by atoms with Crippen LogP contribution >= 0.6 is 0 Å². The van der Waals surface area contributed by atoms with Crippen LogP contribution < -0.4 is 45.9 Å². The van der Waals surface area contributed by atoms with E-state index in [-0.39, 0.29) is 0 Å². The summed E-state index contributed by atoms with van der Waals surface area (Å²) in [5.74, 6) is 0.